The van der Waals surface area contributed by atoms with Crippen molar-refractivity contribution in [3.8, 4) is 5.75 Å². The highest BCUT2D eigenvalue weighted by Crippen LogP contribution is 2.23. The Kier molecular flexibility index (Phi) is 4.21. The lowest BCUT2D eigenvalue weighted by Gasteiger charge is -2.08. The third-order valence-electron chi connectivity index (χ3n) is 1.91. The topological polar surface area (TPSA) is 26.3 Å². The van der Waals surface area contributed by atoms with Crippen LogP contribution in [0, 0.1) is 11.6 Å². The maximum Gasteiger partial charge on any atom is 0.168 e. The van der Waals surface area contributed by atoms with Crippen LogP contribution in [-0.4, -0.2) is 12.9 Å². The molecule has 82 valence electrons. The molecule has 0 unspecified atom stereocenters. The first-order valence-electron chi connectivity index (χ1n) is 4.76. The van der Waals surface area contributed by atoms with Gasteiger partial charge in [0, 0.05) is 6.07 Å². The Morgan fingerprint density at radius 1 is 1.40 bits per heavy atom. The number of hydrogen-bond acceptors (Lipinski definition) is 2. The van der Waals surface area contributed by atoms with Crippen LogP contribution in [-0.2, 0) is 0 Å². The number of benzene rings is 1. The number of aldehydes is 1. The molecular formula is C11H12F2O2. The second-order valence-electron chi connectivity index (χ2n) is 3.13. The molecule has 0 saturated heterocycles. The van der Waals surface area contributed by atoms with E-state index in [0.717, 1.165) is 18.9 Å². The van der Waals surface area contributed by atoms with Gasteiger partial charge in [0.15, 0.2) is 17.9 Å². The van der Waals surface area contributed by atoms with Crippen molar-refractivity contribution >= 4 is 6.29 Å². The monoisotopic (exact) mass is 214 g/mol. The molecule has 1 aromatic carbocycles. The number of carbonyl (C=O) groups is 1. The summed E-state index contributed by atoms with van der Waals surface area (Å²) >= 11 is 0. The van der Waals surface area contributed by atoms with Gasteiger partial charge in [0.2, 0.25) is 0 Å². The minimum absolute atomic E-state index is 0.0939. The maximum atomic E-state index is 13.2. The zero-order valence-electron chi connectivity index (χ0n) is 8.43. The summed E-state index contributed by atoms with van der Waals surface area (Å²) < 4.78 is 31.0. The summed E-state index contributed by atoms with van der Waals surface area (Å²) in [6, 6.07) is 1.66. The van der Waals surface area contributed by atoms with Crippen molar-refractivity contribution in [2.24, 2.45) is 0 Å². The van der Waals surface area contributed by atoms with E-state index in [1.54, 1.807) is 0 Å². The predicted octanol–water partition coefficient (Wildman–Crippen LogP) is 2.96. The van der Waals surface area contributed by atoms with Crippen molar-refractivity contribution in [3.05, 3.63) is 29.3 Å². The summed E-state index contributed by atoms with van der Waals surface area (Å²) in [4.78, 5) is 10.6. The summed E-state index contributed by atoms with van der Waals surface area (Å²) in [5.41, 5.74) is -0.0939. The highest BCUT2D eigenvalue weighted by atomic mass is 19.1. The van der Waals surface area contributed by atoms with Crippen LogP contribution in [0.4, 0.5) is 8.78 Å². The van der Waals surface area contributed by atoms with Crippen LogP contribution in [0.2, 0.25) is 0 Å². The predicted molar refractivity (Wildman–Crippen MR) is 52.1 cm³/mol. The number of hydrogen-bond donors (Lipinski definition) is 0. The van der Waals surface area contributed by atoms with Gasteiger partial charge >= 0.3 is 0 Å². The molecule has 0 aliphatic rings. The molecule has 2 nitrogen and oxygen atoms in total. The molecule has 0 fully saturated rings. The lowest BCUT2D eigenvalue weighted by atomic mass is 10.2. The third kappa shape index (κ3) is 3.01. The van der Waals surface area contributed by atoms with Crippen molar-refractivity contribution in [1.82, 2.24) is 0 Å². The van der Waals surface area contributed by atoms with Gasteiger partial charge in [-0.2, -0.15) is 0 Å². The van der Waals surface area contributed by atoms with Crippen molar-refractivity contribution in [1.29, 1.82) is 0 Å². The first kappa shape index (κ1) is 11.6. The number of ether oxygens (including phenoxy) is 1. The molecule has 0 aliphatic heterocycles. The Morgan fingerprint density at radius 3 is 2.73 bits per heavy atom. The van der Waals surface area contributed by atoms with Gasteiger partial charge in [0.1, 0.15) is 5.82 Å². The van der Waals surface area contributed by atoms with E-state index in [1.807, 2.05) is 6.92 Å². The standard InChI is InChI=1S/C11H12F2O2/c1-2-3-4-15-11-8(7-14)5-9(12)6-10(11)13/h5-7H,2-4H2,1H3. The van der Waals surface area contributed by atoms with E-state index in [0.29, 0.717) is 19.0 Å². The maximum absolute atomic E-state index is 13.2. The molecule has 0 bridgehead atoms. The summed E-state index contributed by atoms with van der Waals surface area (Å²) in [6.07, 6.45) is 2.04. The Balaban J connectivity index is 2.89. The highest BCUT2D eigenvalue weighted by Gasteiger charge is 2.11. The van der Waals surface area contributed by atoms with Crippen LogP contribution >= 0.6 is 0 Å². The van der Waals surface area contributed by atoms with E-state index in [4.69, 9.17) is 4.74 Å². The van der Waals surface area contributed by atoms with E-state index >= 15 is 0 Å². The molecule has 15 heavy (non-hydrogen) atoms. The molecule has 4 heteroatoms. The second-order valence-corrected chi connectivity index (χ2v) is 3.13. The molecule has 1 rings (SSSR count). The summed E-state index contributed by atoms with van der Waals surface area (Å²) in [7, 11) is 0. The smallest absolute Gasteiger partial charge is 0.168 e. The van der Waals surface area contributed by atoms with Crippen molar-refractivity contribution < 1.29 is 18.3 Å². The van der Waals surface area contributed by atoms with E-state index in [1.165, 1.54) is 0 Å². The normalized spacial score (nSPS) is 10.1. The fourth-order valence-electron chi connectivity index (χ4n) is 1.14. The van der Waals surface area contributed by atoms with Crippen molar-refractivity contribution in [3.63, 3.8) is 0 Å². The Labute approximate surface area is 86.9 Å². The van der Waals surface area contributed by atoms with Gasteiger partial charge in [-0.1, -0.05) is 13.3 Å². The molecule has 0 aliphatic carbocycles. The number of halogens is 2. The fourth-order valence-corrected chi connectivity index (χ4v) is 1.14. The average Bonchev–Trinajstić information content (AvgIpc) is 2.20. The fraction of sp³-hybridized carbons (Fsp3) is 0.364. The Morgan fingerprint density at radius 2 is 2.13 bits per heavy atom. The van der Waals surface area contributed by atoms with Crippen molar-refractivity contribution in [2.75, 3.05) is 6.61 Å². The van der Waals surface area contributed by atoms with E-state index in [9.17, 15) is 13.6 Å². The molecule has 0 N–H and O–H groups in total. The molecule has 0 aromatic heterocycles. The molecule has 0 atom stereocenters. The molecule has 0 amide bonds. The first-order valence-corrected chi connectivity index (χ1v) is 4.76. The zero-order valence-corrected chi connectivity index (χ0v) is 8.43. The first-order chi connectivity index (χ1) is 7.19. The van der Waals surface area contributed by atoms with E-state index in [-0.39, 0.29) is 11.3 Å². The van der Waals surface area contributed by atoms with Crippen molar-refractivity contribution in [2.45, 2.75) is 19.8 Å². The van der Waals surface area contributed by atoms with Gasteiger partial charge in [0.05, 0.1) is 12.2 Å². The summed E-state index contributed by atoms with van der Waals surface area (Å²) in [5.74, 6) is -1.79. The van der Waals surface area contributed by atoms with Gasteiger partial charge in [-0.3, -0.25) is 4.79 Å². The summed E-state index contributed by atoms with van der Waals surface area (Å²) in [6.45, 7) is 2.28. The number of rotatable bonds is 5. The van der Waals surface area contributed by atoms with Gasteiger partial charge in [-0.15, -0.1) is 0 Å². The molecule has 0 spiro atoms. The molecule has 0 radical (unpaired) electrons. The lowest BCUT2D eigenvalue weighted by Crippen LogP contribution is -2.02. The van der Waals surface area contributed by atoms with Crippen LogP contribution in [0.25, 0.3) is 0 Å². The third-order valence-corrected chi connectivity index (χ3v) is 1.91. The molecular weight excluding hydrogens is 202 g/mol. The molecule has 1 aromatic rings. The largest absolute Gasteiger partial charge is 0.490 e. The number of carbonyl (C=O) groups excluding carboxylic acids is 1. The quantitative estimate of drug-likeness (QED) is 0.556. The lowest BCUT2D eigenvalue weighted by molar-refractivity contribution is 0.111. The average molecular weight is 214 g/mol. The van der Waals surface area contributed by atoms with Crippen LogP contribution < -0.4 is 4.74 Å². The zero-order chi connectivity index (χ0) is 11.3. The second kappa shape index (κ2) is 5.44. The number of unbranched alkanes of at least 4 members (excludes halogenated alkanes) is 1. The Bertz CT molecular complexity index is 351. The SMILES string of the molecule is CCCCOc1c(F)cc(F)cc1C=O. The van der Waals surface area contributed by atoms with Crippen LogP contribution in [0.15, 0.2) is 12.1 Å². The summed E-state index contributed by atoms with van der Waals surface area (Å²) in [5, 5.41) is 0. The van der Waals surface area contributed by atoms with Gasteiger partial charge < -0.3 is 4.74 Å². The molecule has 0 heterocycles. The van der Waals surface area contributed by atoms with Crippen LogP contribution in [0.3, 0.4) is 0 Å². The molecule has 0 saturated carbocycles. The van der Waals surface area contributed by atoms with Gasteiger partial charge in [0.25, 0.3) is 0 Å². The Hall–Kier alpha value is -1.45. The van der Waals surface area contributed by atoms with Gasteiger partial charge in [-0.05, 0) is 12.5 Å². The van der Waals surface area contributed by atoms with Crippen LogP contribution in [0.1, 0.15) is 30.1 Å². The van der Waals surface area contributed by atoms with Gasteiger partial charge in [-0.25, -0.2) is 8.78 Å². The minimum atomic E-state index is -0.840. The van der Waals surface area contributed by atoms with E-state index in [2.05, 4.69) is 0 Å². The van der Waals surface area contributed by atoms with Crippen LogP contribution in [0.5, 0.6) is 5.75 Å². The minimum Gasteiger partial charge on any atom is -0.490 e. The highest BCUT2D eigenvalue weighted by molar-refractivity contribution is 5.79. The van der Waals surface area contributed by atoms with E-state index < -0.39 is 11.6 Å².